The Bertz CT molecular complexity index is 425. The molecule has 0 unspecified atom stereocenters. The molecule has 98 valence electrons. The average Bonchev–Trinajstić information content (AvgIpc) is 2.29. The number of carboxylic acid groups (broad SMARTS) is 1. The third-order valence-electron chi connectivity index (χ3n) is 2.00. The lowest BCUT2D eigenvalue weighted by Gasteiger charge is -2.12. The van der Waals surface area contributed by atoms with Gasteiger partial charge in [-0.3, -0.25) is 9.78 Å². The molecule has 0 fully saturated rings. The van der Waals surface area contributed by atoms with Gasteiger partial charge >= 0.3 is 5.97 Å². The van der Waals surface area contributed by atoms with Gasteiger partial charge < -0.3 is 10.4 Å². The zero-order valence-electron chi connectivity index (χ0n) is 9.72. The summed E-state index contributed by atoms with van der Waals surface area (Å²) in [6.45, 7) is 1.30. The molecule has 2 N–H and O–H groups in total. The van der Waals surface area contributed by atoms with Crippen molar-refractivity contribution in [3.8, 4) is 0 Å². The Morgan fingerprint density at radius 2 is 2.28 bits per heavy atom. The smallest absolute Gasteiger partial charge is 0.327 e. The Morgan fingerprint density at radius 3 is 2.78 bits per heavy atom. The van der Waals surface area contributed by atoms with Gasteiger partial charge in [-0.2, -0.15) is 11.8 Å². The number of pyridine rings is 1. The average molecular weight is 333 g/mol. The molecule has 1 heterocycles. The lowest BCUT2D eigenvalue weighted by Crippen LogP contribution is -2.41. The SMILES string of the molecule is CC(=O)N[C@@H](CSCc1ccc(Br)cn1)C(=O)O. The molecule has 1 aromatic rings. The van der Waals surface area contributed by atoms with Crippen molar-refractivity contribution in [1.29, 1.82) is 0 Å². The Labute approximate surface area is 117 Å². The summed E-state index contributed by atoms with van der Waals surface area (Å²) in [5.74, 6) is -0.449. The molecule has 0 aromatic carbocycles. The lowest BCUT2D eigenvalue weighted by atomic mass is 10.3. The van der Waals surface area contributed by atoms with Crippen LogP contribution in [0.15, 0.2) is 22.8 Å². The third kappa shape index (κ3) is 5.50. The van der Waals surface area contributed by atoms with Gasteiger partial charge in [0.25, 0.3) is 0 Å². The monoisotopic (exact) mass is 332 g/mol. The molecule has 1 aromatic heterocycles. The van der Waals surface area contributed by atoms with Crippen LogP contribution in [-0.4, -0.2) is 33.8 Å². The number of halogens is 1. The Hall–Kier alpha value is -1.08. The molecule has 1 atom stereocenters. The van der Waals surface area contributed by atoms with Gasteiger partial charge in [0.15, 0.2) is 0 Å². The molecule has 1 amide bonds. The second-order valence-corrected chi connectivity index (χ2v) is 5.52. The Kier molecular flexibility index (Phi) is 6.14. The number of nitrogens with zero attached hydrogens (tertiary/aromatic N) is 1. The second-order valence-electron chi connectivity index (χ2n) is 3.57. The Balaban J connectivity index is 2.41. The van der Waals surface area contributed by atoms with E-state index in [0.717, 1.165) is 10.2 Å². The predicted octanol–water partition coefficient (Wildman–Crippen LogP) is 1.67. The van der Waals surface area contributed by atoms with Crippen molar-refractivity contribution in [3.05, 3.63) is 28.5 Å². The highest BCUT2D eigenvalue weighted by Gasteiger charge is 2.17. The number of carbonyl (C=O) groups excluding carboxylic acids is 1. The quantitative estimate of drug-likeness (QED) is 0.828. The first-order valence-corrected chi connectivity index (χ1v) is 7.12. The van der Waals surface area contributed by atoms with Gasteiger partial charge in [-0.05, 0) is 28.1 Å². The van der Waals surface area contributed by atoms with Crippen molar-refractivity contribution in [3.63, 3.8) is 0 Å². The second kappa shape index (κ2) is 7.38. The molecule has 0 saturated heterocycles. The van der Waals surface area contributed by atoms with Crippen LogP contribution in [0.25, 0.3) is 0 Å². The van der Waals surface area contributed by atoms with Gasteiger partial charge in [0.05, 0.1) is 5.69 Å². The summed E-state index contributed by atoms with van der Waals surface area (Å²) in [5.41, 5.74) is 0.871. The molecular formula is C11H13BrN2O3S. The fourth-order valence-corrected chi connectivity index (χ4v) is 2.39. The lowest BCUT2D eigenvalue weighted by molar-refractivity contribution is -0.140. The molecule has 0 saturated carbocycles. The zero-order chi connectivity index (χ0) is 13.5. The molecule has 0 spiro atoms. The van der Waals surface area contributed by atoms with Crippen molar-refractivity contribution in [2.75, 3.05) is 5.75 Å². The van der Waals surface area contributed by atoms with Crippen molar-refractivity contribution < 1.29 is 14.7 Å². The van der Waals surface area contributed by atoms with Gasteiger partial charge in [0.1, 0.15) is 6.04 Å². The minimum absolute atomic E-state index is 0.312. The van der Waals surface area contributed by atoms with E-state index in [-0.39, 0.29) is 5.91 Å². The van der Waals surface area contributed by atoms with Crippen LogP contribution in [0.1, 0.15) is 12.6 Å². The summed E-state index contributed by atoms with van der Waals surface area (Å²) in [7, 11) is 0. The summed E-state index contributed by atoms with van der Waals surface area (Å²) in [5, 5.41) is 11.3. The number of rotatable bonds is 6. The summed E-state index contributed by atoms with van der Waals surface area (Å²) < 4.78 is 0.901. The first kappa shape index (κ1) is 15.0. The molecule has 0 bridgehead atoms. The maximum absolute atomic E-state index is 10.9. The van der Waals surface area contributed by atoms with E-state index in [4.69, 9.17) is 5.11 Å². The fourth-order valence-electron chi connectivity index (χ4n) is 1.19. The highest BCUT2D eigenvalue weighted by Crippen LogP contribution is 2.14. The van der Waals surface area contributed by atoms with E-state index in [1.54, 1.807) is 6.20 Å². The van der Waals surface area contributed by atoms with Crippen LogP contribution in [0.5, 0.6) is 0 Å². The summed E-state index contributed by atoms with van der Waals surface area (Å²) in [6.07, 6.45) is 1.69. The van der Waals surface area contributed by atoms with Crippen LogP contribution >= 0.6 is 27.7 Å². The molecule has 7 heteroatoms. The van der Waals surface area contributed by atoms with E-state index >= 15 is 0 Å². The number of aromatic nitrogens is 1. The van der Waals surface area contributed by atoms with Gasteiger partial charge in [-0.25, -0.2) is 4.79 Å². The maximum Gasteiger partial charge on any atom is 0.327 e. The molecule has 5 nitrogen and oxygen atoms in total. The molecular weight excluding hydrogens is 320 g/mol. The maximum atomic E-state index is 10.9. The number of nitrogens with one attached hydrogen (secondary N) is 1. The van der Waals surface area contributed by atoms with E-state index < -0.39 is 12.0 Å². The van der Waals surface area contributed by atoms with Crippen LogP contribution in [-0.2, 0) is 15.3 Å². The van der Waals surface area contributed by atoms with E-state index in [1.807, 2.05) is 12.1 Å². The van der Waals surface area contributed by atoms with Crippen LogP contribution < -0.4 is 5.32 Å². The van der Waals surface area contributed by atoms with Crippen LogP contribution in [0.4, 0.5) is 0 Å². The van der Waals surface area contributed by atoms with Crippen molar-refractivity contribution >= 4 is 39.6 Å². The minimum Gasteiger partial charge on any atom is -0.480 e. The zero-order valence-corrected chi connectivity index (χ0v) is 12.1. The minimum atomic E-state index is -1.03. The van der Waals surface area contributed by atoms with Crippen LogP contribution in [0, 0.1) is 0 Å². The van der Waals surface area contributed by atoms with E-state index in [9.17, 15) is 9.59 Å². The van der Waals surface area contributed by atoms with Gasteiger partial charge in [0.2, 0.25) is 5.91 Å². The number of carbonyl (C=O) groups is 2. The highest BCUT2D eigenvalue weighted by atomic mass is 79.9. The number of aliphatic carboxylic acids is 1. The fraction of sp³-hybridized carbons (Fsp3) is 0.364. The van der Waals surface area contributed by atoms with Gasteiger partial charge in [0, 0.05) is 29.1 Å². The number of carboxylic acids is 1. The van der Waals surface area contributed by atoms with Crippen LogP contribution in [0.3, 0.4) is 0 Å². The van der Waals surface area contributed by atoms with E-state index in [1.165, 1.54) is 18.7 Å². The van der Waals surface area contributed by atoms with Crippen molar-refractivity contribution in [1.82, 2.24) is 10.3 Å². The number of hydrogen-bond acceptors (Lipinski definition) is 4. The van der Waals surface area contributed by atoms with Crippen molar-refractivity contribution in [2.45, 2.75) is 18.7 Å². The molecule has 18 heavy (non-hydrogen) atoms. The Morgan fingerprint density at radius 1 is 1.56 bits per heavy atom. The highest BCUT2D eigenvalue weighted by molar-refractivity contribution is 9.10. The number of hydrogen-bond donors (Lipinski definition) is 2. The molecule has 0 radical (unpaired) electrons. The van der Waals surface area contributed by atoms with E-state index in [0.29, 0.717) is 11.5 Å². The topological polar surface area (TPSA) is 79.3 Å². The first-order valence-electron chi connectivity index (χ1n) is 5.17. The van der Waals surface area contributed by atoms with E-state index in [2.05, 4.69) is 26.2 Å². The molecule has 0 aliphatic carbocycles. The molecule has 0 aliphatic heterocycles. The normalized spacial score (nSPS) is 11.9. The summed E-state index contributed by atoms with van der Waals surface area (Å²) in [4.78, 5) is 25.9. The largest absolute Gasteiger partial charge is 0.480 e. The third-order valence-corrected chi connectivity index (χ3v) is 3.54. The van der Waals surface area contributed by atoms with Crippen molar-refractivity contribution in [2.24, 2.45) is 0 Å². The van der Waals surface area contributed by atoms with Crippen LogP contribution in [0.2, 0.25) is 0 Å². The number of amides is 1. The molecule has 0 aliphatic rings. The summed E-state index contributed by atoms with van der Waals surface area (Å²) in [6, 6.07) is 2.89. The van der Waals surface area contributed by atoms with Gasteiger partial charge in [-0.1, -0.05) is 0 Å². The predicted molar refractivity (Wildman–Crippen MR) is 73.3 cm³/mol. The first-order chi connectivity index (χ1) is 8.49. The van der Waals surface area contributed by atoms with Gasteiger partial charge in [-0.15, -0.1) is 0 Å². The molecule has 1 rings (SSSR count). The summed E-state index contributed by atoms with van der Waals surface area (Å²) >= 11 is 4.71. The number of thioether (sulfide) groups is 1. The standard InChI is InChI=1S/C11H13BrN2O3S/c1-7(15)14-10(11(16)17)6-18-5-9-3-2-8(12)4-13-9/h2-4,10H,5-6H2,1H3,(H,14,15)(H,16,17)/t10-/m0/s1.